The number of rotatable bonds is 3. The van der Waals surface area contributed by atoms with E-state index in [-0.39, 0.29) is 11.3 Å². The number of anilines is 1. The highest BCUT2D eigenvalue weighted by molar-refractivity contribution is 5.86. The van der Waals surface area contributed by atoms with Crippen LogP contribution in [-0.2, 0) is 10.3 Å². The monoisotopic (exact) mass is 286 g/mol. The highest BCUT2D eigenvalue weighted by Gasteiger charge is 2.34. The summed E-state index contributed by atoms with van der Waals surface area (Å²) in [5.74, 6) is 0. The molecular weight excluding hydrogens is 266 g/mol. The van der Waals surface area contributed by atoms with Crippen molar-refractivity contribution >= 4 is 11.8 Å². The molecule has 1 unspecified atom stereocenters. The largest absolute Gasteiger partial charge is 0.444 e. The van der Waals surface area contributed by atoms with E-state index in [1.54, 1.807) is 32.9 Å². The maximum absolute atomic E-state index is 13.0. The molecule has 0 bridgehead atoms. The van der Waals surface area contributed by atoms with E-state index >= 15 is 0 Å². The van der Waals surface area contributed by atoms with Gasteiger partial charge in [-0.1, -0.05) is 18.2 Å². The normalized spacial score (nSPS) is 14.8. The van der Waals surface area contributed by atoms with Crippen LogP contribution in [0, 0.1) is 0 Å². The zero-order chi connectivity index (χ0) is 15.6. The maximum Gasteiger partial charge on any atom is 0.412 e. The van der Waals surface area contributed by atoms with Gasteiger partial charge >= 0.3 is 6.09 Å². The summed E-state index contributed by atoms with van der Waals surface area (Å²) in [5.41, 5.74) is 3.48. The molecule has 1 amide bonds. The van der Waals surface area contributed by atoms with Crippen LogP contribution in [0.15, 0.2) is 24.3 Å². The van der Waals surface area contributed by atoms with E-state index in [0.29, 0.717) is 0 Å². The molecule has 0 aliphatic carbocycles. The lowest BCUT2D eigenvalue weighted by atomic mass is 9.92. The summed E-state index contributed by atoms with van der Waals surface area (Å²) in [4.78, 5) is 11.7. The average Bonchev–Trinajstić information content (AvgIpc) is 2.26. The molecule has 20 heavy (non-hydrogen) atoms. The zero-order valence-corrected chi connectivity index (χ0v) is 12.0. The first-order valence-corrected chi connectivity index (χ1v) is 6.20. The van der Waals surface area contributed by atoms with Crippen LogP contribution in [0.25, 0.3) is 0 Å². The molecule has 0 aromatic heterocycles. The van der Waals surface area contributed by atoms with Crippen LogP contribution in [0.3, 0.4) is 0 Å². The third-order valence-corrected chi connectivity index (χ3v) is 2.60. The minimum Gasteiger partial charge on any atom is -0.444 e. The van der Waals surface area contributed by atoms with Crippen molar-refractivity contribution in [3.63, 3.8) is 0 Å². The van der Waals surface area contributed by atoms with Crippen molar-refractivity contribution in [1.29, 1.82) is 0 Å². The van der Waals surface area contributed by atoms with Gasteiger partial charge in [0.25, 0.3) is 6.43 Å². The number of amides is 1. The molecule has 0 aliphatic heterocycles. The Morgan fingerprint density at radius 3 is 2.30 bits per heavy atom. The highest BCUT2D eigenvalue weighted by atomic mass is 19.3. The van der Waals surface area contributed by atoms with Gasteiger partial charge in [0, 0.05) is 11.3 Å². The number of hydrogen-bond acceptors (Lipinski definition) is 3. The van der Waals surface area contributed by atoms with Crippen LogP contribution >= 0.6 is 0 Å². The van der Waals surface area contributed by atoms with Gasteiger partial charge in [-0.25, -0.2) is 13.6 Å². The Kier molecular flexibility index (Phi) is 4.70. The molecule has 0 heterocycles. The van der Waals surface area contributed by atoms with E-state index in [2.05, 4.69) is 5.32 Å². The number of benzene rings is 1. The first kappa shape index (κ1) is 16.4. The van der Waals surface area contributed by atoms with E-state index in [9.17, 15) is 13.6 Å². The van der Waals surface area contributed by atoms with E-state index in [1.807, 2.05) is 0 Å². The van der Waals surface area contributed by atoms with Gasteiger partial charge in [-0.15, -0.1) is 0 Å². The van der Waals surface area contributed by atoms with Crippen molar-refractivity contribution in [3.8, 4) is 0 Å². The Morgan fingerprint density at radius 1 is 1.25 bits per heavy atom. The summed E-state index contributed by atoms with van der Waals surface area (Å²) in [7, 11) is 0. The SMILES string of the molecule is CC(C)(C)OC(=O)Nc1ccccc1C(C)(N)C(F)F. The molecule has 6 heteroatoms. The topological polar surface area (TPSA) is 64.3 Å². The molecule has 1 aromatic rings. The summed E-state index contributed by atoms with van der Waals surface area (Å²) >= 11 is 0. The summed E-state index contributed by atoms with van der Waals surface area (Å²) < 4.78 is 31.1. The fourth-order valence-corrected chi connectivity index (χ4v) is 1.59. The lowest BCUT2D eigenvalue weighted by Gasteiger charge is -2.27. The average molecular weight is 286 g/mol. The molecule has 0 spiro atoms. The number of alkyl halides is 2. The highest BCUT2D eigenvalue weighted by Crippen LogP contribution is 2.31. The lowest BCUT2D eigenvalue weighted by Crippen LogP contribution is -2.41. The Morgan fingerprint density at radius 2 is 1.80 bits per heavy atom. The smallest absolute Gasteiger partial charge is 0.412 e. The van der Waals surface area contributed by atoms with E-state index in [1.165, 1.54) is 19.1 Å². The van der Waals surface area contributed by atoms with Crippen LogP contribution < -0.4 is 11.1 Å². The van der Waals surface area contributed by atoms with Gasteiger partial charge in [0.1, 0.15) is 11.1 Å². The van der Waals surface area contributed by atoms with Crippen LogP contribution in [-0.4, -0.2) is 18.1 Å². The number of carbonyl (C=O) groups is 1. The van der Waals surface area contributed by atoms with Crippen LogP contribution in [0.1, 0.15) is 33.3 Å². The summed E-state index contributed by atoms with van der Waals surface area (Å²) in [5, 5.41) is 2.45. The second-order valence-corrected chi connectivity index (χ2v) is 5.76. The molecule has 1 rings (SSSR count). The number of para-hydroxylation sites is 1. The molecule has 0 saturated heterocycles. The zero-order valence-electron chi connectivity index (χ0n) is 12.0. The fourth-order valence-electron chi connectivity index (χ4n) is 1.59. The van der Waals surface area contributed by atoms with Crippen LogP contribution in [0.5, 0.6) is 0 Å². The Balaban J connectivity index is 3.00. The Bertz CT molecular complexity index is 482. The minimum absolute atomic E-state index is 0.154. The lowest BCUT2D eigenvalue weighted by molar-refractivity contribution is 0.0605. The molecular formula is C14H20F2N2O2. The van der Waals surface area contributed by atoms with Gasteiger partial charge in [0.15, 0.2) is 0 Å². The molecule has 0 aliphatic rings. The van der Waals surface area contributed by atoms with Gasteiger partial charge in [0.2, 0.25) is 0 Å². The van der Waals surface area contributed by atoms with Crippen molar-refractivity contribution in [2.45, 2.75) is 45.3 Å². The third kappa shape index (κ3) is 4.16. The first-order valence-electron chi connectivity index (χ1n) is 6.20. The Labute approximate surface area is 117 Å². The van der Waals surface area contributed by atoms with Gasteiger partial charge in [-0.3, -0.25) is 5.32 Å². The van der Waals surface area contributed by atoms with E-state index < -0.39 is 23.7 Å². The number of halogens is 2. The Hall–Kier alpha value is -1.69. The van der Waals surface area contributed by atoms with Crippen molar-refractivity contribution < 1.29 is 18.3 Å². The molecule has 0 radical (unpaired) electrons. The predicted octanol–water partition coefficient (Wildman–Crippen LogP) is 3.47. The van der Waals surface area contributed by atoms with Gasteiger partial charge in [-0.2, -0.15) is 0 Å². The molecule has 3 N–H and O–H groups in total. The quantitative estimate of drug-likeness (QED) is 0.894. The number of nitrogens with one attached hydrogen (secondary N) is 1. The first-order chi connectivity index (χ1) is 9.04. The second-order valence-electron chi connectivity index (χ2n) is 5.76. The summed E-state index contributed by atoms with van der Waals surface area (Å²) in [6, 6.07) is 6.17. The summed E-state index contributed by atoms with van der Waals surface area (Å²) in [6.07, 6.45) is -3.47. The van der Waals surface area contributed by atoms with Gasteiger partial charge in [-0.05, 0) is 33.8 Å². The number of carbonyl (C=O) groups excluding carboxylic acids is 1. The molecule has 4 nitrogen and oxygen atoms in total. The number of nitrogens with two attached hydrogens (primary N) is 1. The van der Waals surface area contributed by atoms with E-state index in [0.717, 1.165) is 0 Å². The fraction of sp³-hybridized carbons (Fsp3) is 0.500. The summed E-state index contributed by atoms with van der Waals surface area (Å²) in [6.45, 7) is 6.35. The van der Waals surface area contributed by atoms with Crippen molar-refractivity contribution in [3.05, 3.63) is 29.8 Å². The third-order valence-electron chi connectivity index (χ3n) is 2.60. The molecule has 0 fully saturated rings. The van der Waals surface area contributed by atoms with Crippen molar-refractivity contribution in [2.75, 3.05) is 5.32 Å². The number of hydrogen-bond donors (Lipinski definition) is 2. The van der Waals surface area contributed by atoms with Crippen molar-refractivity contribution in [2.24, 2.45) is 5.73 Å². The van der Waals surface area contributed by atoms with E-state index in [4.69, 9.17) is 10.5 Å². The predicted molar refractivity (Wildman–Crippen MR) is 73.8 cm³/mol. The molecule has 1 aromatic carbocycles. The van der Waals surface area contributed by atoms with Crippen LogP contribution in [0.2, 0.25) is 0 Å². The van der Waals surface area contributed by atoms with Gasteiger partial charge < -0.3 is 10.5 Å². The van der Waals surface area contributed by atoms with Crippen molar-refractivity contribution in [1.82, 2.24) is 0 Å². The molecule has 1 atom stereocenters. The molecule has 0 saturated carbocycles. The van der Waals surface area contributed by atoms with Gasteiger partial charge in [0.05, 0.1) is 0 Å². The second kappa shape index (κ2) is 5.75. The maximum atomic E-state index is 13.0. The number of ether oxygens (including phenoxy) is 1. The minimum atomic E-state index is -2.76. The molecule has 112 valence electrons. The van der Waals surface area contributed by atoms with Crippen LogP contribution in [0.4, 0.5) is 19.3 Å². The standard InChI is InChI=1S/C14H20F2N2O2/c1-13(2,3)20-12(19)18-10-8-6-5-7-9(10)14(4,17)11(15)16/h5-8,11H,17H2,1-4H3,(H,18,19).